The zero-order valence-corrected chi connectivity index (χ0v) is 10.0. The monoisotopic (exact) mass is 252 g/mol. The summed E-state index contributed by atoms with van der Waals surface area (Å²) in [5.41, 5.74) is 3.42. The van der Waals surface area contributed by atoms with Crippen LogP contribution in [-0.4, -0.2) is 27.2 Å². The molecule has 6 nitrogen and oxygen atoms in total. The van der Waals surface area contributed by atoms with Crippen molar-refractivity contribution in [1.82, 2.24) is 10.1 Å². The molecule has 1 aromatic rings. The highest BCUT2D eigenvalue weighted by atomic mass is 32.2. The van der Waals surface area contributed by atoms with Crippen LogP contribution in [0.1, 0.15) is 6.92 Å². The van der Waals surface area contributed by atoms with E-state index in [1.165, 1.54) is 17.0 Å². The molecule has 0 bridgehead atoms. The number of amidine groups is 1. The van der Waals surface area contributed by atoms with Gasteiger partial charge in [-0.2, -0.15) is 0 Å². The zero-order chi connectivity index (χ0) is 12.3. The molecule has 17 heavy (non-hydrogen) atoms. The van der Waals surface area contributed by atoms with Crippen molar-refractivity contribution in [2.45, 2.75) is 6.92 Å². The van der Waals surface area contributed by atoms with Crippen molar-refractivity contribution < 1.29 is 9.90 Å². The van der Waals surface area contributed by atoms with Crippen molar-refractivity contribution in [3.8, 4) is 0 Å². The summed E-state index contributed by atoms with van der Waals surface area (Å²) in [6.07, 6.45) is 0. The van der Waals surface area contributed by atoms with E-state index in [4.69, 9.17) is 5.11 Å². The summed E-state index contributed by atoms with van der Waals surface area (Å²) in [6.45, 7) is 1.98. The van der Waals surface area contributed by atoms with E-state index in [2.05, 4.69) is 10.6 Å². The molecule has 7 heteroatoms. The van der Waals surface area contributed by atoms with Crippen LogP contribution in [0.5, 0.6) is 0 Å². The van der Waals surface area contributed by atoms with Crippen LogP contribution in [-0.2, 0) is 4.79 Å². The minimum atomic E-state index is -1.07. The van der Waals surface area contributed by atoms with Crippen LogP contribution in [0.15, 0.2) is 35.4 Å². The summed E-state index contributed by atoms with van der Waals surface area (Å²) in [5, 5.41) is 14.4. The third kappa shape index (κ3) is 2.34. The van der Waals surface area contributed by atoms with E-state index in [0.717, 1.165) is 11.4 Å². The Morgan fingerprint density at radius 1 is 1.47 bits per heavy atom. The van der Waals surface area contributed by atoms with Gasteiger partial charge in [0.25, 0.3) is 5.84 Å². The maximum absolute atomic E-state index is 11.1. The Hall–Kier alpha value is -1.73. The molecule has 0 fully saturated rings. The molecule has 0 amide bonds. The van der Waals surface area contributed by atoms with Crippen LogP contribution in [0.2, 0.25) is 0 Å². The van der Waals surface area contributed by atoms with Crippen LogP contribution >= 0.6 is 11.9 Å². The first-order valence-corrected chi connectivity index (χ1v) is 6.03. The second-order valence-corrected chi connectivity index (χ2v) is 4.36. The van der Waals surface area contributed by atoms with Gasteiger partial charge >= 0.3 is 5.97 Å². The molecule has 2 rings (SSSR count). The van der Waals surface area contributed by atoms with E-state index in [1.807, 2.05) is 37.3 Å². The minimum Gasteiger partial charge on any atom is -0.475 e. The van der Waals surface area contributed by atoms with Crippen molar-refractivity contribution >= 4 is 29.4 Å². The first kappa shape index (κ1) is 11.7. The van der Waals surface area contributed by atoms with Crippen LogP contribution in [0.3, 0.4) is 0 Å². The molecule has 0 aromatic heterocycles. The molecular weight excluding hydrogens is 240 g/mol. The van der Waals surface area contributed by atoms with Gasteiger partial charge in [-0.1, -0.05) is 29.6 Å². The molecule has 1 aliphatic rings. The average molecular weight is 252 g/mol. The molecule has 0 radical (unpaired) electrons. The number of hydrogen-bond acceptors (Lipinski definition) is 6. The lowest BCUT2D eigenvalue weighted by atomic mass is 10.3. The van der Waals surface area contributed by atoms with Gasteiger partial charge in [-0.3, -0.25) is 0 Å². The van der Waals surface area contributed by atoms with E-state index in [0.29, 0.717) is 0 Å². The van der Waals surface area contributed by atoms with Gasteiger partial charge in [-0.25, -0.2) is 15.3 Å². The fourth-order valence-electron chi connectivity index (χ4n) is 1.41. The quantitative estimate of drug-likeness (QED) is 0.787. The largest absolute Gasteiger partial charge is 0.475 e. The molecule has 0 unspecified atom stereocenters. The van der Waals surface area contributed by atoms with E-state index in [9.17, 15) is 4.79 Å². The Morgan fingerprint density at radius 2 is 2.18 bits per heavy atom. The normalized spacial score (nSPS) is 15.6. The van der Waals surface area contributed by atoms with Crippen molar-refractivity contribution in [1.29, 1.82) is 0 Å². The predicted molar refractivity (Wildman–Crippen MR) is 67.1 cm³/mol. The maximum atomic E-state index is 11.1. The SMILES string of the molecule is CCSN1NN=C(C(=O)O)N1c1ccccc1. The van der Waals surface area contributed by atoms with Gasteiger partial charge in [-0.15, -0.1) is 5.10 Å². The summed E-state index contributed by atoms with van der Waals surface area (Å²) >= 11 is 1.43. The zero-order valence-electron chi connectivity index (χ0n) is 9.20. The Labute approximate surface area is 103 Å². The number of carbonyl (C=O) groups is 1. The summed E-state index contributed by atoms with van der Waals surface area (Å²) in [7, 11) is 0. The Balaban J connectivity index is 2.30. The van der Waals surface area contributed by atoms with Gasteiger partial charge in [0.2, 0.25) is 0 Å². The number of hydrogen-bond donors (Lipinski definition) is 2. The second-order valence-electron chi connectivity index (χ2n) is 3.18. The highest BCUT2D eigenvalue weighted by molar-refractivity contribution is 7.97. The number of hydrazone groups is 1. The molecule has 1 aliphatic heterocycles. The van der Waals surface area contributed by atoms with Crippen molar-refractivity contribution in [2.75, 3.05) is 10.8 Å². The maximum Gasteiger partial charge on any atom is 0.375 e. The number of carboxylic acids is 1. The number of anilines is 1. The molecule has 0 aliphatic carbocycles. The summed E-state index contributed by atoms with van der Waals surface area (Å²) in [5.74, 6) is -0.309. The molecule has 90 valence electrons. The molecule has 0 atom stereocenters. The lowest BCUT2D eigenvalue weighted by Gasteiger charge is -2.26. The van der Waals surface area contributed by atoms with Crippen LogP contribution < -0.4 is 10.5 Å². The lowest BCUT2D eigenvalue weighted by molar-refractivity contribution is -0.129. The number of benzene rings is 1. The second kappa shape index (κ2) is 5.07. The van der Waals surface area contributed by atoms with Gasteiger partial charge in [0.1, 0.15) is 0 Å². The number of rotatable bonds is 4. The standard InChI is InChI=1S/C10H12N4O2S/c1-2-17-14-12-11-9(10(15)16)13(14)8-6-4-3-5-7-8/h3-7,12H,2H2,1H3,(H,15,16). The summed E-state index contributed by atoms with van der Waals surface area (Å²) < 4.78 is 1.60. The summed E-state index contributed by atoms with van der Waals surface area (Å²) in [4.78, 5) is 11.1. The first-order valence-electron chi connectivity index (χ1n) is 5.08. The van der Waals surface area contributed by atoms with E-state index in [-0.39, 0.29) is 5.84 Å². The molecule has 1 heterocycles. The van der Waals surface area contributed by atoms with Gasteiger partial charge in [0.05, 0.1) is 5.69 Å². The first-order chi connectivity index (χ1) is 8.24. The van der Waals surface area contributed by atoms with E-state index < -0.39 is 5.97 Å². The Kier molecular flexibility index (Phi) is 3.50. The fourth-order valence-corrected chi connectivity index (χ4v) is 2.04. The molecule has 1 aromatic carbocycles. The number of carboxylic acid groups (broad SMARTS) is 1. The van der Waals surface area contributed by atoms with Gasteiger partial charge in [0, 0.05) is 5.75 Å². The van der Waals surface area contributed by atoms with Crippen molar-refractivity contribution in [3.63, 3.8) is 0 Å². The molecule has 0 saturated heterocycles. The number of nitrogens with zero attached hydrogens (tertiary/aromatic N) is 3. The van der Waals surface area contributed by atoms with E-state index in [1.54, 1.807) is 4.52 Å². The van der Waals surface area contributed by atoms with Crippen LogP contribution in [0.4, 0.5) is 5.69 Å². The van der Waals surface area contributed by atoms with Gasteiger partial charge in [-0.05, 0) is 24.1 Å². The number of hydrazine groups is 2. The number of nitrogens with one attached hydrogen (secondary N) is 1. The molecular formula is C10H12N4O2S. The average Bonchev–Trinajstić information content (AvgIpc) is 2.74. The van der Waals surface area contributed by atoms with Crippen LogP contribution in [0, 0.1) is 0 Å². The van der Waals surface area contributed by atoms with E-state index >= 15 is 0 Å². The number of aliphatic carboxylic acids is 1. The smallest absolute Gasteiger partial charge is 0.375 e. The third-order valence-electron chi connectivity index (χ3n) is 2.07. The Bertz CT molecular complexity index is 437. The topological polar surface area (TPSA) is 68.2 Å². The predicted octanol–water partition coefficient (Wildman–Crippen LogP) is 1.29. The third-order valence-corrected chi connectivity index (χ3v) is 2.81. The fraction of sp³-hybridized carbons (Fsp3) is 0.200. The van der Waals surface area contributed by atoms with Crippen molar-refractivity contribution in [2.24, 2.45) is 5.10 Å². The highest BCUT2D eigenvalue weighted by Gasteiger charge is 2.32. The Morgan fingerprint density at radius 3 is 2.76 bits per heavy atom. The summed E-state index contributed by atoms with van der Waals surface area (Å²) in [6, 6.07) is 9.23. The molecule has 0 spiro atoms. The van der Waals surface area contributed by atoms with Crippen LogP contribution in [0.25, 0.3) is 0 Å². The molecule has 2 N–H and O–H groups in total. The number of para-hydroxylation sites is 1. The van der Waals surface area contributed by atoms with Gasteiger partial charge in [0.15, 0.2) is 0 Å². The minimum absolute atomic E-state index is 0.0443. The van der Waals surface area contributed by atoms with Crippen molar-refractivity contribution in [3.05, 3.63) is 30.3 Å². The molecule has 0 saturated carbocycles. The lowest BCUT2D eigenvalue weighted by Crippen LogP contribution is -2.43. The van der Waals surface area contributed by atoms with Gasteiger partial charge < -0.3 is 5.11 Å². The highest BCUT2D eigenvalue weighted by Crippen LogP contribution is 2.23.